The fraction of sp³-hybridized carbons (Fsp3) is 0.231. The van der Waals surface area contributed by atoms with E-state index in [2.05, 4.69) is 14.5 Å². The zero-order valence-electron chi connectivity index (χ0n) is 10.5. The molecule has 0 saturated heterocycles. The van der Waals surface area contributed by atoms with Gasteiger partial charge in [0.1, 0.15) is 11.6 Å². The predicted octanol–water partition coefficient (Wildman–Crippen LogP) is 1.71. The fourth-order valence-electron chi connectivity index (χ4n) is 2.16. The quantitative estimate of drug-likeness (QED) is 0.695. The van der Waals surface area contributed by atoms with Gasteiger partial charge >= 0.3 is 0 Å². The van der Waals surface area contributed by atoms with Crippen LogP contribution < -0.4 is 5.73 Å². The molecule has 0 aliphatic carbocycles. The first-order valence-electron chi connectivity index (χ1n) is 5.84. The monoisotopic (exact) mass is 241 g/mol. The molecule has 2 aromatic heterocycles. The Morgan fingerprint density at radius 3 is 2.89 bits per heavy atom. The summed E-state index contributed by atoms with van der Waals surface area (Å²) in [6, 6.07) is 5.81. The first kappa shape index (κ1) is 10.8. The third-order valence-electron chi connectivity index (χ3n) is 3.18. The molecule has 18 heavy (non-hydrogen) atoms. The van der Waals surface area contributed by atoms with Crippen LogP contribution >= 0.6 is 0 Å². The lowest BCUT2D eigenvalue weighted by Crippen LogP contribution is -2.07. The van der Waals surface area contributed by atoms with Crippen molar-refractivity contribution >= 4 is 16.7 Å². The number of hydrogen-bond acceptors (Lipinski definition) is 3. The number of imidazole rings is 2. The minimum Gasteiger partial charge on any atom is -0.399 e. The summed E-state index contributed by atoms with van der Waals surface area (Å²) in [7, 11) is 1.99. The Morgan fingerprint density at radius 1 is 1.33 bits per heavy atom. The molecule has 1 aromatic carbocycles. The predicted molar refractivity (Wildman–Crippen MR) is 71.2 cm³/mol. The number of benzene rings is 1. The highest BCUT2D eigenvalue weighted by Gasteiger charge is 2.09. The lowest BCUT2D eigenvalue weighted by Gasteiger charge is -2.06. The number of aromatic nitrogens is 4. The van der Waals surface area contributed by atoms with Crippen LogP contribution in [0.25, 0.3) is 11.0 Å². The molecule has 2 N–H and O–H groups in total. The third-order valence-corrected chi connectivity index (χ3v) is 3.18. The topological polar surface area (TPSA) is 61.7 Å². The summed E-state index contributed by atoms with van der Waals surface area (Å²) in [6.45, 7) is 2.72. The second kappa shape index (κ2) is 3.87. The van der Waals surface area contributed by atoms with E-state index in [1.54, 1.807) is 0 Å². The maximum atomic E-state index is 5.78. The summed E-state index contributed by atoms with van der Waals surface area (Å²) in [5.74, 6) is 1.98. The van der Waals surface area contributed by atoms with Gasteiger partial charge in [-0.2, -0.15) is 0 Å². The Labute approximate surface area is 105 Å². The molecule has 5 nitrogen and oxygen atoms in total. The van der Waals surface area contributed by atoms with Crippen molar-refractivity contribution in [1.82, 2.24) is 19.1 Å². The first-order chi connectivity index (χ1) is 8.65. The van der Waals surface area contributed by atoms with Crippen LogP contribution in [0.4, 0.5) is 5.69 Å². The van der Waals surface area contributed by atoms with Crippen molar-refractivity contribution in [1.29, 1.82) is 0 Å². The molecule has 2 heterocycles. The van der Waals surface area contributed by atoms with E-state index in [-0.39, 0.29) is 0 Å². The molecule has 0 aliphatic rings. The van der Waals surface area contributed by atoms with Crippen LogP contribution in [0.2, 0.25) is 0 Å². The normalized spacial score (nSPS) is 11.2. The van der Waals surface area contributed by atoms with Crippen LogP contribution in [0.5, 0.6) is 0 Å². The van der Waals surface area contributed by atoms with Crippen molar-refractivity contribution < 1.29 is 0 Å². The van der Waals surface area contributed by atoms with E-state index < -0.39 is 0 Å². The molecule has 5 heteroatoms. The molecular weight excluding hydrogens is 226 g/mol. The Morgan fingerprint density at radius 2 is 2.17 bits per heavy atom. The Hall–Kier alpha value is -2.30. The van der Waals surface area contributed by atoms with E-state index in [9.17, 15) is 0 Å². The molecule has 0 bridgehead atoms. The molecule has 0 saturated carbocycles. The lowest BCUT2D eigenvalue weighted by molar-refractivity contribution is 0.696. The van der Waals surface area contributed by atoms with Crippen LogP contribution in [0.1, 0.15) is 11.6 Å². The SMILES string of the molecule is Cc1nc2cc(N)ccc2n1Cc1nccn1C. The van der Waals surface area contributed by atoms with Gasteiger partial charge in [-0.15, -0.1) is 0 Å². The molecule has 0 radical (unpaired) electrons. The van der Waals surface area contributed by atoms with Gasteiger partial charge in [-0.1, -0.05) is 0 Å². The molecule has 0 amide bonds. The van der Waals surface area contributed by atoms with Gasteiger partial charge < -0.3 is 14.9 Å². The van der Waals surface area contributed by atoms with Crippen LogP contribution in [0.15, 0.2) is 30.6 Å². The van der Waals surface area contributed by atoms with Crippen LogP contribution in [-0.4, -0.2) is 19.1 Å². The van der Waals surface area contributed by atoms with Crippen LogP contribution in [0, 0.1) is 6.92 Å². The minimum atomic E-state index is 0.718. The highest BCUT2D eigenvalue weighted by atomic mass is 15.1. The van der Waals surface area contributed by atoms with Gasteiger partial charge in [0.2, 0.25) is 0 Å². The van der Waals surface area contributed by atoms with Gasteiger partial charge in [0.25, 0.3) is 0 Å². The Bertz CT molecular complexity index is 707. The summed E-state index contributed by atoms with van der Waals surface area (Å²) >= 11 is 0. The lowest BCUT2D eigenvalue weighted by atomic mass is 10.3. The highest BCUT2D eigenvalue weighted by molar-refractivity contribution is 5.79. The van der Waals surface area contributed by atoms with E-state index in [0.717, 1.165) is 34.9 Å². The van der Waals surface area contributed by atoms with Crippen LogP contribution in [-0.2, 0) is 13.6 Å². The number of nitrogens with two attached hydrogens (primary N) is 1. The van der Waals surface area contributed by atoms with Gasteiger partial charge in [0, 0.05) is 25.1 Å². The Balaban J connectivity index is 2.11. The van der Waals surface area contributed by atoms with Gasteiger partial charge in [0.05, 0.1) is 17.6 Å². The van der Waals surface area contributed by atoms with Gasteiger partial charge in [-0.25, -0.2) is 9.97 Å². The zero-order chi connectivity index (χ0) is 12.7. The third kappa shape index (κ3) is 1.64. The number of fused-ring (bicyclic) bond motifs is 1. The summed E-state index contributed by atoms with van der Waals surface area (Å²) in [5, 5.41) is 0. The number of aryl methyl sites for hydroxylation is 2. The van der Waals surface area contributed by atoms with Crippen molar-refractivity contribution in [2.24, 2.45) is 7.05 Å². The number of hydrogen-bond donors (Lipinski definition) is 1. The van der Waals surface area contributed by atoms with E-state index >= 15 is 0 Å². The summed E-state index contributed by atoms with van der Waals surface area (Å²) in [5.41, 5.74) is 8.54. The van der Waals surface area contributed by atoms with Gasteiger partial charge in [0.15, 0.2) is 0 Å². The highest BCUT2D eigenvalue weighted by Crippen LogP contribution is 2.19. The van der Waals surface area contributed by atoms with Crippen molar-refractivity contribution in [2.75, 3.05) is 5.73 Å². The van der Waals surface area contributed by atoms with E-state index in [4.69, 9.17) is 5.73 Å². The van der Waals surface area contributed by atoms with Crippen LogP contribution in [0.3, 0.4) is 0 Å². The molecule has 3 aromatic rings. The molecule has 92 valence electrons. The van der Waals surface area contributed by atoms with Gasteiger partial charge in [-0.05, 0) is 25.1 Å². The molecule has 0 spiro atoms. The number of anilines is 1. The van der Waals surface area contributed by atoms with Crippen molar-refractivity contribution in [3.8, 4) is 0 Å². The molecule has 3 rings (SSSR count). The number of nitrogens with zero attached hydrogens (tertiary/aromatic N) is 4. The smallest absolute Gasteiger partial charge is 0.128 e. The van der Waals surface area contributed by atoms with Crippen molar-refractivity contribution in [3.05, 3.63) is 42.2 Å². The molecule has 0 unspecified atom stereocenters. The second-order valence-electron chi connectivity index (χ2n) is 4.45. The first-order valence-corrected chi connectivity index (χ1v) is 5.84. The zero-order valence-corrected chi connectivity index (χ0v) is 10.5. The Kier molecular flexibility index (Phi) is 2.33. The average Bonchev–Trinajstić information content (AvgIpc) is 2.85. The van der Waals surface area contributed by atoms with Crippen molar-refractivity contribution in [3.63, 3.8) is 0 Å². The van der Waals surface area contributed by atoms with Crippen molar-refractivity contribution in [2.45, 2.75) is 13.5 Å². The average molecular weight is 241 g/mol. The summed E-state index contributed by atoms with van der Waals surface area (Å²) in [6.07, 6.45) is 3.75. The summed E-state index contributed by atoms with van der Waals surface area (Å²) < 4.78 is 4.17. The molecule has 0 aliphatic heterocycles. The summed E-state index contributed by atoms with van der Waals surface area (Å²) in [4.78, 5) is 8.88. The number of rotatable bonds is 2. The molecular formula is C13H15N5. The van der Waals surface area contributed by atoms with Gasteiger partial charge in [-0.3, -0.25) is 0 Å². The second-order valence-corrected chi connectivity index (χ2v) is 4.45. The van der Waals surface area contributed by atoms with E-state index in [1.165, 1.54) is 0 Å². The maximum absolute atomic E-state index is 5.78. The molecule has 0 atom stereocenters. The minimum absolute atomic E-state index is 0.718. The maximum Gasteiger partial charge on any atom is 0.128 e. The fourth-order valence-corrected chi connectivity index (χ4v) is 2.16. The van der Waals surface area contributed by atoms with E-state index in [0.29, 0.717) is 0 Å². The van der Waals surface area contributed by atoms with E-state index in [1.807, 2.05) is 49.1 Å². The molecule has 0 fully saturated rings. The standard InChI is InChI=1S/C13H15N5/c1-9-16-11-7-10(14)3-4-12(11)18(9)8-13-15-5-6-17(13)2/h3-7H,8,14H2,1-2H3. The number of nitrogen functional groups attached to an aromatic ring is 1. The largest absolute Gasteiger partial charge is 0.399 e.